The van der Waals surface area contributed by atoms with Crippen LogP contribution in [0.25, 0.3) is 11.0 Å². The zero-order valence-corrected chi connectivity index (χ0v) is 18.1. The van der Waals surface area contributed by atoms with Gasteiger partial charge in [-0.05, 0) is 36.6 Å². The summed E-state index contributed by atoms with van der Waals surface area (Å²) in [7, 11) is 1.58. The van der Waals surface area contributed by atoms with Crippen LogP contribution in [0.2, 0.25) is 0 Å². The number of amides is 1. The Hall–Kier alpha value is -3.19. The summed E-state index contributed by atoms with van der Waals surface area (Å²) in [6.07, 6.45) is 0.912. The first-order chi connectivity index (χ1) is 15.1. The number of rotatable bonds is 7. The third-order valence-corrected chi connectivity index (χ3v) is 5.73. The largest absolute Gasteiger partial charge is 0.465 e. The van der Waals surface area contributed by atoms with Crippen LogP contribution in [0.15, 0.2) is 48.5 Å². The predicted molar refractivity (Wildman–Crippen MR) is 118 cm³/mol. The Balaban J connectivity index is 1.95. The van der Waals surface area contributed by atoms with Crippen molar-refractivity contribution in [2.24, 2.45) is 5.92 Å². The van der Waals surface area contributed by atoms with E-state index in [0.29, 0.717) is 19.1 Å². The van der Waals surface area contributed by atoms with Gasteiger partial charge in [0.2, 0.25) is 11.9 Å². The van der Waals surface area contributed by atoms with Crippen LogP contribution in [0.3, 0.4) is 0 Å². The summed E-state index contributed by atoms with van der Waals surface area (Å²) >= 11 is 0. The number of para-hydroxylation sites is 2. The Morgan fingerprint density at radius 3 is 2.52 bits per heavy atom. The third-order valence-electron chi connectivity index (χ3n) is 5.73. The van der Waals surface area contributed by atoms with Gasteiger partial charge in [-0.2, -0.15) is 0 Å². The molecular weight excluding hydrogens is 394 g/mol. The molecule has 0 fully saturated rings. The van der Waals surface area contributed by atoms with Crippen molar-refractivity contribution in [1.29, 1.82) is 0 Å². The van der Waals surface area contributed by atoms with E-state index < -0.39 is 17.9 Å². The molecule has 0 N–H and O–H groups in total. The molecule has 0 unspecified atom stereocenters. The number of aromatic nitrogens is 2. The van der Waals surface area contributed by atoms with Gasteiger partial charge in [-0.25, -0.2) is 4.98 Å². The maximum Gasteiger partial charge on any atom is 0.321 e. The average molecular weight is 421 g/mol. The van der Waals surface area contributed by atoms with Crippen molar-refractivity contribution in [3.05, 3.63) is 59.7 Å². The Labute approximate surface area is 181 Å². The monoisotopic (exact) mass is 421 g/mol. The van der Waals surface area contributed by atoms with Crippen LogP contribution in [0, 0.1) is 5.92 Å². The molecule has 4 rings (SSSR count). The van der Waals surface area contributed by atoms with Crippen LogP contribution in [0.1, 0.15) is 31.0 Å². The number of imidazole rings is 1. The number of benzene rings is 2. The topological polar surface area (TPSA) is 73.7 Å². The molecule has 0 aliphatic carbocycles. The van der Waals surface area contributed by atoms with Crippen molar-refractivity contribution in [1.82, 2.24) is 9.55 Å². The quantitative estimate of drug-likeness (QED) is 0.432. The molecule has 31 heavy (non-hydrogen) atoms. The highest BCUT2D eigenvalue weighted by Crippen LogP contribution is 2.41. The first kappa shape index (κ1) is 21.1. The lowest BCUT2D eigenvalue weighted by atomic mass is 9.89. The lowest BCUT2D eigenvalue weighted by molar-refractivity contribution is -0.153. The fraction of sp³-hybridized carbons (Fsp3) is 0.375. The van der Waals surface area contributed by atoms with Crippen molar-refractivity contribution in [2.75, 3.05) is 31.8 Å². The van der Waals surface area contributed by atoms with Crippen molar-refractivity contribution < 1.29 is 19.1 Å². The highest BCUT2D eigenvalue weighted by Gasteiger charge is 2.47. The fourth-order valence-electron chi connectivity index (χ4n) is 4.19. The van der Waals surface area contributed by atoms with E-state index in [1.165, 1.54) is 5.56 Å². The number of hydrogen-bond donors (Lipinski definition) is 0. The summed E-state index contributed by atoms with van der Waals surface area (Å²) in [5, 5.41) is 0. The molecule has 1 aromatic heterocycles. The number of nitrogens with zero attached hydrogens (tertiary/aromatic N) is 3. The lowest BCUT2D eigenvalue weighted by Crippen LogP contribution is -2.51. The van der Waals surface area contributed by atoms with Crippen LogP contribution in [-0.2, 0) is 25.5 Å². The molecular formula is C24H27N3O4. The summed E-state index contributed by atoms with van der Waals surface area (Å²) < 4.78 is 12.6. The lowest BCUT2D eigenvalue weighted by Gasteiger charge is -2.37. The molecule has 1 amide bonds. The number of methoxy groups -OCH3 is 1. The van der Waals surface area contributed by atoms with Crippen molar-refractivity contribution in [2.45, 2.75) is 26.3 Å². The minimum Gasteiger partial charge on any atom is -0.465 e. The zero-order chi connectivity index (χ0) is 22.0. The molecule has 1 aliphatic rings. The molecule has 0 saturated carbocycles. The van der Waals surface area contributed by atoms with E-state index in [-0.39, 0.29) is 12.5 Å². The van der Waals surface area contributed by atoms with E-state index in [1.54, 1.807) is 18.9 Å². The summed E-state index contributed by atoms with van der Waals surface area (Å²) in [5.74, 6) is -1.33. The SMILES string of the molecule is CCOC(=O)[C@@H]1C(=O)N(CCOC)c2nc3ccccc3n2[C@H]1c1ccc(CC)cc1. The minimum absolute atomic E-state index is 0.208. The van der Waals surface area contributed by atoms with Crippen LogP contribution >= 0.6 is 0 Å². The van der Waals surface area contributed by atoms with E-state index in [2.05, 4.69) is 6.92 Å². The second-order valence-electron chi connectivity index (χ2n) is 7.52. The average Bonchev–Trinajstić information content (AvgIpc) is 3.17. The van der Waals surface area contributed by atoms with E-state index in [0.717, 1.165) is 23.0 Å². The molecule has 7 nitrogen and oxygen atoms in total. The van der Waals surface area contributed by atoms with Gasteiger partial charge in [0, 0.05) is 7.11 Å². The van der Waals surface area contributed by atoms with Gasteiger partial charge in [-0.3, -0.25) is 14.5 Å². The Bertz CT molecular complexity index is 1090. The number of anilines is 1. The second kappa shape index (κ2) is 8.89. The van der Waals surface area contributed by atoms with Crippen LogP contribution in [-0.4, -0.2) is 48.3 Å². The van der Waals surface area contributed by atoms with Gasteiger partial charge in [0.1, 0.15) is 0 Å². The number of hydrogen-bond acceptors (Lipinski definition) is 5. The second-order valence-corrected chi connectivity index (χ2v) is 7.52. The van der Waals surface area contributed by atoms with E-state index in [9.17, 15) is 9.59 Å². The van der Waals surface area contributed by atoms with Crippen molar-refractivity contribution >= 4 is 28.9 Å². The third kappa shape index (κ3) is 3.70. The number of esters is 1. The molecule has 2 atom stereocenters. The molecule has 2 heterocycles. The van der Waals surface area contributed by atoms with Gasteiger partial charge in [-0.15, -0.1) is 0 Å². The molecule has 0 bridgehead atoms. The number of carbonyl (C=O) groups excluding carboxylic acids is 2. The van der Waals surface area contributed by atoms with Gasteiger partial charge < -0.3 is 14.0 Å². The normalized spacial score (nSPS) is 18.3. The summed E-state index contributed by atoms with van der Waals surface area (Å²) in [6.45, 7) is 4.68. The standard InChI is InChI=1S/C24H27N3O4/c1-4-16-10-12-17(13-11-16)21-20(23(29)31-5-2)22(28)26(14-15-30-3)24-25-18-8-6-7-9-19(18)27(21)24/h6-13,20-21H,4-5,14-15H2,1-3H3/t20-,21-/m0/s1. The molecule has 1 aliphatic heterocycles. The van der Waals surface area contributed by atoms with Gasteiger partial charge in [0.05, 0.1) is 36.8 Å². The fourth-order valence-corrected chi connectivity index (χ4v) is 4.19. The van der Waals surface area contributed by atoms with Gasteiger partial charge >= 0.3 is 5.97 Å². The number of fused-ring (bicyclic) bond motifs is 3. The highest BCUT2D eigenvalue weighted by atomic mass is 16.5. The molecule has 3 aromatic rings. The van der Waals surface area contributed by atoms with Crippen molar-refractivity contribution in [3.63, 3.8) is 0 Å². The van der Waals surface area contributed by atoms with Crippen LogP contribution in [0.5, 0.6) is 0 Å². The molecule has 0 radical (unpaired) electrons. The molecule has 0 saturated heterocycles. The van der Waals surface area contributed by atoms with Gasteiger partial charge in [0.15, 0.2) is 5.92 Å². The smallest absolute Gasteiger partial charge is 0.321 e. The predicted octanol–water partition coefficient (Wildman–Crippen LogP) is 3.36. The van der Waals surface area contributed by atoms with Gasteiger partial charge in [-0.1, -0.05) is 43.3 Å². The van der Waals surface area contributed by atoms with Crippen LogP contribution < -0.4 is 4.90 Å². The first-order valence-corrected chi connectivity index (χ1v) is 10.6. The van der Waals surface area contributed by atoms with E-state index in [4.69, 9.17) is 14.5 Å². The minimum atomic E-state index is -1.01. The highest BCUT2D eigenvalue weighted by molar-refractivity contribution is 6.08. The number of carbonyl (C=O) groups is 2. The van der Waals surface area contributed by atoms with E-state index in [1.807, 2.05) is 53.1 Å². The zero-order valence-electron chi connectivity index (χ0n) is 18.1. The van der Waals surface area contributed by atoms with Crippen molar-refractivity contribution in [3.8, 4) is 0 Å². The summed E-state index contributed by atoms with van der Waals surface area (Å²) in [4.78, 5) is 33.0. The number of aryl methyl sites for hydroxylation is 1. The molecule has 162 valence electrons. The van der Waals surface area contributed by atoms with Crippen LogP contribution in [0.4, 0.5) is 5.95 Å². The maximum atomic E-state index is 13.6. The molecule has 2 aromatic carbocycles. The Morgan fingerprint density at radius 2 is 1.84 bits per heavy atom. The van der Waals surface area contributed by atoms with Gasteiger partial charge in [0.25, 0.3) is 0 Å². The Kier molecular flexibility index (Phi) is 6.04. The number of ether oxygens (including phenoxy) is 2. The van der Waals surface area contributed by atoms with E-state index >= 15 is 0 Å². The maximum absolute atomic E-state index is 13.6. The molecule has 0 spiro atoms. The summed E-state index contributed by atoms with van der Waals surface area (Å²) in [6, 6.07) is 15.2. The summed E-state index contributed by atoms with van der Waals surface area (Å²) in [5.41, 5.74) is 3.70. The first-order valence-electron chi connectivity index (χ1n) is 10.6. The Morgan fingerprint density at radius 1 is 1.10 bits per heavy atom. The molecule has 7 heteroatoms.